The summed E-state index contributed by atoms with van der Waals surface area (Å²) in [4.78, 5) is 26.2. The Morgan fingerprint density at radius 2 is 1.88 bits per heavy atom. The van der Waals surface area contributed by atoms with Crippen LogP contribution in [-0.4, -0.2) is 16.7 Å². The zero-order chi connectivity index (χ0) is 18.0. The number of nitrogens with zero attached hydrogens (tertiary/aromatic N) is 1. The summed E-state index contributed by atoms with van der Waals surface area (Å²) >= 11 is 0. The minimum Gasteiger partial charge on any atom is -0.326 e. The van der Waals surface area contributed by atoms with E-state index in [2.05, 4.69) is 5.32 Å². The van der Waals surface area contributed by atoms with Crippen LogP contribution in [0.15, 0.2) is 48.7 Å². The van der Waals surface area contributed by atoms with Crippen molar-refractivity contribution in [3.8, 4) is 0 Å². The van der Waals surface area contributed by atoms with Gasteiger partial charge in [-0.25, -0.2) is 0 Å². The van der Waals surface area contributed by atoms with Crippen LogP contribution in [0.2, 0.25) is 0 Å². The Labute approximate surface area is 148 Å². The first kappa shape index (κ1) is 17.0. The molecule has 0 spiro atoms. The molecule has 128 valence electrons. The van der Waals surface area contributed by atoms with Gasteiger partial charge in [-0.2, -0.15) is 0 Å². The lowest BCUT2D eigenvalue weighted by Crippen LogP contribution is -2.33. The number of carbonyl (C=O) groups is 2. The van der Waals surface area contributed by atoms with Gasteiger partial charge in [-0.15, -0.1) is 0 Å². The number of aryl methyl sites for hydroxylation is 2. The highest BCUT2D eigenvalue weighted by Crippen LogP contribution is 2.33. The highest BCUT2D eigenvalue weighted by Gasteiger charge is 2.28. The van der Waals surface area contributed by atoms with Gasteiger partial charge in [0.1, 0.15) is 0 Å². The predicted octanol–water partition coefficient (Wildman–Crippen LogP) is 4.21. The largest absolute Gasteiger partial charge is 0.326 e. The van der Waals surface area contributed by atoms with E-state index in [9.17, 15) is 9.59 Å². The maximum Gasteiger partial charge on any atom is 0.226 e. The Hall–Kier alpha value is -2.88. The van der Waals surface area contributed by atoms with Crippen molar-refractivity contribution in [2.75, 3.05) is 5.32 Å². The molecule has 2 aromatic carbocycles. The van der Waals surface area contributed by atoms with Crippen molar-refractivity contribution in [3.05, 3.63) is 70.9 Å². The van der Waals surface area contributed by atoms with Gasteiger partial charge in [-0.05, 0) is 42.7 Å². The Kier molecular flexibility index (Phi) is 4.70. The van der Waals surface area contributed by atoms with Crippen LogP contribution in [0.25, 0.3) is 6.08 Å². The Morgan fingerprint density at radius 1 is 1.12 bits per heavy atom. The average Bonchev–Trinajstić information content (AvgIpc) is 2.57. The third kappa shape index (κ3) is 3.63. The lowest BCUT2D eigenvalue weighted by atomic mass is 9.93. The molecule has 1 N–H and O–H groups in total. The topological polar surface area (TPSA) is 49.4 Å². The van der Waals surface area contributed by atoms with Crippen LogP contribution in [0.5, 0.6) is 0 Å². The molecule has 2 amide bonds. The van der Waals surface area contributed by atoms with Crippen molar-refractivity contribution in [2.45, 2.75) is 33.2 Å². The number of nitrogens with one attached hydrogen (secondary N) is 1. The first-order chi connectivity index (χ1) is 12.0. The fourth-order valence-corrected chi connectivity index (χ4v) is 3.24. The molecule has 0 saturated heterocycles. The van der Waals surface area contributed by atoms with E-state index in [1.807, 2.05) is 62.4 Å². The summed E-state index contributed by atoms with van der Waals surface area (Å²) < 4.78 is 0. The van der Waals surface area contributed by atoms with E-state index in [1.165, 1.54) is 6.92 Å². The van der Waals surface area contributed by atoms with Gasteiger partial charge < -0.3 is 10.2 Å². The molecule has 1 aliphatic rings. The molecule has 0 aliphatic carbocycles. The van der Waals surface area contributed by atoms with Gasteiger partial charge >= 0.3 is 0 Å². The molecule has 0 radical (unpaired) electrons. The first-order valence-electron chi connectivity index (χ1n) is 8.39. The summed E-state index contributed by atoms with van der Waals surface area (Å²) in [7, 11) is 0. The summed E-state index contributed by atoms with van der Waals surface area (Å²) in [5.74, 6) is -0.177. The number of carbonyl (C=O) groups excluding carboxylic acids is 2. The lowest BCUT2D eigenvalue weighted by Gasteiger charge is -2.32. The molecule has 0 fully saturated rings. The van der Waals surface area contributed by atoms with Crippen molar-refractivity contribution in [1.82, 2.24) is 4.90 Å². The average molecular weight is 334 g/mol. The van der Waals surface area contributed by atoms with E-state index in [1.54, 1.807) is 11.1 Å². The Balaban J connectivity index is 1.82. The van der Waals surface area contributed by atoms with E-state index in [0.29, 0.717) is 0 Å². The standard InChI is InChI=1S/C21H22N2O2/c1-14-8-9-19(15(2)12-14)22-21(25)13-20-18-7-5-4-6-17(18)10-11-23(20)16(3)24/h4-12,20H,13H2,1-3H3,(H,22,25)/t20-/m1/s1. The summed E-state index contributed by atoms with van der Waals surface area (Å²) in [6.45, 7) is 5.52. The fourth-order valence-electron chi connectivity index (χ4n) is 3.24. The number of amides is 2. The number of rotatable bonds is 3. The van der Waals surface area contributed by atoms with E-state index < -0.39 is 0 Å². The van der Waals surface area contributed by atoms with Gasteiger partial charge in [0.05, 0.1) is 12.5 Å². The van der Waals surface area contributed by atoms with Gasteiger partial charge in [0.15, 0.2) is 0 Å². The van der Waals surface area contributed by atoms with Crippen LogP contribution in [0, 0.1) is 13.8 Å². The van der Waals surface area contributed by atoms with Gasteiger partial charge in [0, 0.05) is 18.8 Å². The maximum absolute atomic E-state index is 12.6. The van der Waals surface area contributed by atoms with E-state index in [-0.39, 0.29) is 24.3 Å². The Bertz CT molecular complexity index is 855. The zero-order valence-electron chi connectivity index (χ0n) is 14.7. The third-order valence-corrected chi connectivity index (χ3v) is 4.50. The molecule has 2 aromatic rings. The first-order valence-corrected chi connectivity index (χ1v) is 8.39. The van der Waals surface area contributed by atoms with Crippen molar-refractivity contribution in [1.29, 1.82) is 0 Å². The third-order valence-electron chi connectivity index (χ3n) is 4.50. The number of fused-ring (bicyclic) bond motifs is 1. The minimum atomic E-state index is -0.288. The molecule has 0 saturated carbocycles. The van der Waals surface area contributed by atoms with Crippen molar-refractivity contribution in [3.63, 3.8) is 0 Å². The highest BCUT2D eigenvalue weighted by molar-refractivity contribution is 5.92. The van der Waals surface area contributed by atoms with Gasteiger partial charge in [-0.3, -0.25) is 9.59 Å². The smallest absolute Gasteiger partial charge is 0.226 e. The second-order valence-electron chi connectivity index (χ2n) is 6.46. The van der Waals surface area contributed by atoms with Crippen molar-refractivity contribution in [2.24, 2.45) is 0 Å². The molecule has 0 bridgehead atoms. The molecule has 1 atom stereocenters. The Morgan fingerprint density at radius 3 is 2.60 bits per heavy atom. The molecule has 1 heterocycles. The minimum absolute atomic E-state index is 0.0740. The van der Waals surface area contributed by atoms with Crippen LogP contribution in [0.3, 0.4) is 0 Å². The molecule has 0 aromatic heterocycles. The van der Waals surface area contributed by atoms with E-state index in [0.717, 1.165) is 27.9 Å². The number of benzene rings is 2. The lowest BCUT2D eigenvalue weighted by molar-refractivity contribution is -0.129. The molecule has 4 nitrogen and oxygen atoms in total. The quantitative estimate of drug-likeness (QED) is 0.914. The summed E-state index contributed by atoms with van der Waals surface area (Å²) in [5, 5.41) is 2.97. The number of anilines is 1. The van der Waals surface area contributed by atoms with Gasteiger partial charge in [0.25, 0.3) is 0 Å². The molecule has 0 unspecified atom stereocenters. The predicted molar refractivity (Wildman–Crippen MR) is 99.9 cm³/mol. The van der Waals surface area contributed by atoms with E-state index in [4.69, 9.17) is 0 Å². The number of hydrogen-bond acceptors (Lipinski definition) is 2. The van der Waals surface area contributed by atoms with Crippen LogP contribution in [0.4, 0.5) is 5.69 Å². The second kappa shape index (κ2) is 6.93. The van der Waals surface area contributed by atoms with E-state index >= 15 is 0 Å². The second-order valence-corrected chi connectivity index (χ2v) is 6.46. The number of hydrogen-bond donors (Lipinski definition) is 1. The van der Waals surface area contributed by atoms with Crippen LogP contribution in [-0.2, 0) is 9.59 Å². The van der Waals surface area contributed by atoms with Crippen LogP contribution < -0.4 is 5.32 Å². The molecular formula is C21H22N2O2. The highest BCUT2D eigenvalue weighted by atomic mass is 16.2. The summed E-state index contributed by atoms with van der Waals surface area (Å²) in [5.41, 5.74) is 5.04. The van der Waals surface area contributed by atoms with Gasteiger partial charge in [0.2, 0.25) is 11.8 Å². The monoisotopic (exact) mass is 334 g/mol. The van der Waals surface area contributed by atoms with Gasteiger partial charge in [-0.1, -0.05) is 42.0 Å². The van der Waals surface area contributed by atoms with Crippen LogP contribution >= 0.6 is 0 Å². The molecule has 4 heteroatoms. The molecule has 3 rings (SSSR count). The van der Waals surface area contributed by atoms with Crippen LogP contribution in [0.1, 0.15) is 41.6 Å². The zero-order valence-corrected chi connectivity index (χ0v) is 14.7. The summed E-state index contributed by atoms with van der Waals surface area (Å²) in [6.07, 6.45) is 3.89. The maximum atomic E-state index is 12.6. The SMILES string of the molecule is CC(=O)N1C=Cc2ccccc2[C@H]1CC(=O)Nc1ccc(C)cc1C. The van der Waals surface area contributed by atoms with Crippen molar-refractivity contribution < 1.29 is 9.59 Å². The van der Waals surface area contributed by atoms with Crippen molar-refractivity contribution >= 4 is 23.6 Å². The molecule has 1 aliphatic heterocycles. The molecular weight excluding hydrogens is 312 g/mol. The summed E-state index contributed by atoms with van der Waals surface area (Å²) in [6, 6.07) is 13.5. The molecule has 25 heavy (non-hydrogen) atoms. The fraction of sp³-hybridized carbons (Fsp3) is 0.238. The normalized spacial score (nSPS) is 15.6.